The third kappa shape index (κ3) is 2.70. The molecule has 4 nitrogen and oxygen atoms in total. The van der Waals surface area contributed by atoms with Gasteiger partial charge in [0.2, 0.25) is 0 Å². The highest BCUT2D eigenvalue weighted by atomic mass is 16.5. The molecule has 0 aliphatic carbocycles. The molecule has 5 rings (SSSR count). The van der Waals surface area contributed by atoms with Gasteiger partial charge in [-0.25, -0.2) is 9.97 Å². The number of nitrogens with zero attached hydrogens (tertiary/aromatic N) is 3. The molecule has 0 unspecified atom stereocenters. The zero-order valence-electron chi connectivity index (χ0n) is 15.1. The van der Waals surface area contributed by atoms with E-state index in [0.717, 1.165) is 51.8 Å². The SMILES string of the molecule is COc1ccc2c(c1)c1nc3ccccc3nc1n2CCc1ccccc1. The van der Waals surface area contributed by atoms with Gasteiger partial charge >= 0.3 is 0 Å². The topological polar surface area (TPSA) is 39.9 Å². The Labute approximate surface area is 157 Å². The summed E-state index contributed by atoms with van der Waals surface area (Å²) in [5, 5.41) is 1.08. The summed E-state index contributed by atoms with van der Waals surface area (Å²) in [5.41, 5.74) is 6.13. The molecule has 0 radical (unpaired) electrons. The summed E-state index contributed by atoms with van der Waals surface area (Å²) in [6, 6.07) is 24.7. The van der Waals surface area contributed by atoms with Crippen LogP contribution in [0.2, 0.25) is 0 Å². The maximum atomic E-state index is 5.44. The molecular weight excluding hydrogens is 334 g/mol. The number of para-hydroxylation sites is 2. The molecule has 0 spiro atoms. The highest BCUT2D eigenvalue weighted by molar-refractivity contribution is 6.06. The van der Waals surface area contributed by atoms with Gasteiger partial charge in [0.1, 0.15) is 11.3 Å². The largest absolute Gasteiger partial charge is 0.497 e. The summed E-state index contributed by atoms with van der Waals surface area (Å²) in [7, 11) is 1.69. The Morgan fingerprint density at radius 3 is 2.37 bits per heavy atom. The van der Waals surface area contributed by atoms with Crippen LogP contribution in [0.3, 0.4) is 0 Å². The molecule has 0 aliphatic heterocycles. The molecule has 3 aromatic carbocycles. The standard InChI is InChI=1S/C23H19N3O/c1-27-17-11-12-21-18(15-17)22-23(25-20-10-6-5-9-19(20)24-22)26(21)14-13-16-7-3-2-4-8-16/h2-12,15H,13-14H2,1H3. The first kappa shape index (κ1) is 15.8. The quantitative estimate of drug-likeness (QED) is 0.457. The van der Waals surface area contributed by atoms with Gasteiger partial charge in [-0.2, -0.15) is 0 Å². The minimum Gasteiger partial charge on any atom is -0.497 e. The van der Waals surface area contributed by atoms with Crippen LogP contribution in [0, 0.1) is 0 Å². The monoisotopic (exact) mass is 353 g/mol. The molecular formula is C23H19N3O. The van der Waals surface area contributed by atoms with E-state index < -0.39 is 0 Å². The van der Waals surface area contributed by atoms with E-state index in [1.165, 1.54) is 5.56 Å². The van der Waals surface area contributed by atoms with Crippen molar-refractivity contribution in [3.05, 3.63) is 78.4 Å². The molecule has 0 bridgehead atoms. The lowest BCUT2D eigenvalue weighted by atomic mass is 10.1. The van der Waals surface area contributed by atoms with Gasteiger partial charge in [0.25, 0.3) is 0 Å². The third-order valence-corrected chi connectivity index (χ3v) is 5.02. The number of hydrogen-bond donors (Lipinski definition) is 0. The van der Waals surface area contributed by atoms with Crippen LogP contribution in [-0.2, 0) is 13.0 Å². The van der Waals surface area contributed by atoms with Gasteiger partial charge in [-0.3, -0.25) is 0 Å². The van der Waals surface area contributed by atoms with Gasteiger partial charge in [0, 0.05) is 11.9 Å². The molecule has 0 fully saturated rings. The fourth-order valence-electron chi connectivity index (χ4n) is 3.65. The molecule has 0 amide bonds. The van der Waals surface area contributed by atoms with Crippen molar-refractivity contribution >= 4 is 33.1 Å². The van der Waals surface area contributed by atoms with Crippen LogP contribution in [0.1, 0.15) is 5.56 Å². The van der Waals surface area contributed by atoms with E-state index in [-0.39, 0.29) is 0 Å². The molecule has 5 aromatic rings. The van der Waals surface area contributed by atoms with E-state index in [9.17, 15) is 0 Å². The summed E-state index contributed by atoms with van der Waals surface area (Å²) in [5.74, 6) is 0.833. The minimum absolute atomic E-state index is 0.833. The number of benzene rings is 3. The van der Waals surface area contributed by atoms with E-state index in [1.807, 2.05) is 36.4 Å². The molecule has 2 aromatic heterocycles. The molecule has 4 heteroatoms. The summed E-state index contributed by atoms with van der Waals surface area (Å²) in [4.78, 5) is 9.86. The second-order valence-corrected chi connectivity index (χ2v) is 6.65. The Bertz CT molecular complexity index is 1260. The van der Waals surface area contributed by atoms with Crippen molar-refractivity contribution in [2.45, 2.75) is 13.0 Å². The van der Waals surface area contributed by atoms with Crippen LogP contribution in [-0.4, -0.2) is 21.6 Å². The van der Waals surface area contributed by atoms with Crippen LogP contribution >= 0.6 is 0 Å². The second-order valence-electron chi connectivity index (χ2n) is 6.65. The first-order valence-electron chi connectivity index (χ1n) is 9.10. The summed E-state index contributed by atoms with van der Waals surface area (Å²) < 4.78 is 7.71. The second kappa shape index (κ2) is 6.40. The smallest absolute Gasteiger partial charge is 0.160 e. The van der Waals surface area contributed by atoms with Crippen molar-refractivity contribution in [3.8, 4) is 5.75 Å². The predicted octanol–water partition coefficient (Wildman–Crippen LogP) is 4.99. The van der Waals surface area contributed by atoms with Crippen LogP contribution in [0.5, 0.6) is 5.75 Å². The molecule has 2 heterocycles. The van der Waals surface area contributed by atoms with Crippen LogP contribution in [0.4, 0.5) is 0 Å². The van der Waals surface area contributed by atoms with Crippen LogP contribution in [0.25, 0.3) is 33.1 Å². The fraction of sp³-hybridized carbons (Fsp3) is 0.130. The van der Waals surface area contributed by atoms with Crippen molar-refractivity contribution in [3.63, 3.8) is 0 Å². The number of aryl methyl sites for hydroxylation is 2. The van der Waals surface area contributed by atoms with E-state index in [2.05, 4.69) is 41.0 Å². The lowest BCUT2D eigenvalue weighted by molar-refractivity contribution is 0.415. The molecule has 27 heavy (non-hydrogen) atoms. The zero-order valence-corrected chi connectivity index (χ0v) is 15.1. The Morgan fingerprint density at radius 2 is 1.59 bits per heavy atom. The van der Waals surface area contributed by atoms with E-state index >= 15 is 0 Å². The zero-order chi connectivity index (χ0) is 18.2. The van der Waals surface area contributed by atoms with Gasteiger partial charge in [-0.05, 0) is 42.3 Å². The first-order chi connectivity index (χ1) is 13.3. The molecule has 132 valence electrons. The van der Waals surface area contributed by atoms with Gasteiger partial charge in [-0.1, -0.05) is 42.5 Å². The van der Waals surface area contributed by atoms with Crippen LogP contribution in [0.15, 0.2) is 72.8 Å². The fourth-order valence-corrected chi connectivity index (χ4v) is 3.65. The number of fused-ring (bicyclic) bond motifs is 4. The van der Waals surface area contributed by atoms with Gasteiger partial charge in [-0.15, -0.1) is 0 Å². The normalized spacial score (nSPS) is 11.4. The van der Waals surface area contributed by atoms with Gasteiger partial charge in [0.05, 0.1) is 23.7 Å². The number of ether oxygens (including phenoxy) is 1. The van der Waals surface area contributed by atoms with E-state index in [1.54, 1.807) is 7.11 Å². The third-order valence-electron chi connectivity index (χ3n) is 5.02. The Balaban J connectivity index is 1.74. The van der Waals surface area contributed by atoms with E-state index in [4.69, 9.17) is 14.7 Å². The highest BCUT2D eigenvalue weighted by Gasteiger charge is 2.15. The van der Waals surface area contributed by atoms with Gasteiger partial charge < -0.3 is 9.30 Å². The Morgan fingerprint density at radius 1 is 0.852 bits per heavy atom. The minimum atomic E-state index is 0.833. The first-order valence-corrected chi connectivity index (χ1v) is 9.10. The van der Waals surface area contributed by atoms with E-state index in [0.29, 0.717) is 0 Å². The Kier molecular flexibility index (Phi) is 3.75. The molecule has 0 saturated heterocycles. The lowest BCUT2D eigenvalue weighted by Gasteiger charge is -2.07. The molecule has 0 aliphatic rings. The van der Waals surface area contributed by atoms with Crippen LogP contribution < -0.4 is 4.74 Å². The van der Waals surface area contributed by atoms with Gasteiger partial charge in [0.15, 0.2) is 5.65 Å². The summed E-state index contributed by atoms with van der Waals surface area (Å²) >= 11 is 0. The summed E-state index contributed by atoms with van der Waals surface area (Å²) in [6.07, 6.45) is 0.945. The highest BCUT2D eigenvalue weighted by Crippen LogP contribution is 2.31. The van der Waals surface area contributed by atoms with Crippen molar-refractivity contribution in [1.82, 2.24) is 14.5 Å². The van der Waals surface area contributed by atoms with Crippen molar-refractivity contribution in [1.29, 1.82) is 0 Å². The molecule has 0 atom stereocenters. The Hall–Kier alpha value is -3.40. The maximum Gasteiger partial charge on any atom is 0.160 e. The average molecular weight is 353 g/mol. The summed E-state index contributed by atoms with van der Waals surface area (Å²) in [6.45, 7) is 0.851. The van der Waals surface area contributed by atoms with Crippen molar-refractivity contribution < 1.29 is 4.74 Å². The number of methoxy groups -OCH3 is 1. The number of hydrogen-bond acceptors (Lipinski definition) is 3. The molecule has 0 N–H and O–H groups in total. The maximum absolute atomic E-state index is 5.44. The van der Waals surface area contributed by atoms with Crippen molar-refractivity contribution in [2.75, 3.05) is 7.11 Å². The van der Waals surface area contributed by atoms with Crippen molar-refractivity contribution in [2.24, 2.45) is 0 Å². The average Bonchev–Trinajstić information content (AvgIpc) is 3.03. The lowest BCUT2D eigenvalue weighted by Crippen LogP contribution is -2.02. The number of aromatic nitrogens is 3. The number of rotatable bonds is 4. The molecule has 0 saturated carbocycles. The predicted molar refractivity (Wildman–Crippen MR) is 109 cm³/mol.